The number of hydrogen-bond acceptors (Lipinski definition) is 6. The Labute approximate surface area is 126 Å². The molecule has 1 aromatic carbocycles. The fraction of sp³-hybridized carbons (Fsp3) is 0.385. The fourth-order valence-electron chi connectivity index (χ4n) is 2.19. The fourth-order valence-corrected chi connectivity index (χ4v) is 2.62. The van der Waals surface area contributed by atoms with Gasteiger partial charge < -0.3 is 10.1 Å². The first-order valence-electron chi connectivity index (χ1n) is 6.63. The van der Waals surface area contributed by atoms with Crippen molar-refractivity contribution in [3.63, 3.8) is 0 Å². The van der Waals surface area contributed by atoms with Gasteiger partial charge >= 0.3 is 0 Å². The summed E-state index contributed by atoms with van der Waals surface area (Å²) in [5.41, 5.74) is 1.50. The van der Waals surface area contributed by atoms with Gasteiger partial charge in [-0.05, 0) is 47.7 Å². The van der Waals surface area contributed by atoms with Crippen LogP contribution in [0.5, 0.6) is 0 Å². The Hall–Kier alpha value is -1.93. The minimum absolute atomic E-state index is 0.105. The molecule has 0 aliphatic carbocycles. The molecule has 1 amide bonds. The molecule has 1 unspecified atom stereocenters. The Bertz CT molecular complexity index is 639. The number of carbonyl (C=O) groups is 1. The van der Waals surface area contributed by atoms with Crippen LogP contribution in [-0.4, -0.2) is 45.1 Å². The molecule has 1 aliphatic heterocycles. The molecular weight excluding hydrogens is 290 g/mol. The second-order valence-corrected chi connectivity index (χ2v) is 5.39. The van der Waals surface area contributed by atoms with Gasteiger partial charge in [0.2, 0.25) is 5.16 Å². The number of aromatic nitrogens is 4. The highest BCUT2D eigenvalue weighted by molar-refractivity contribution is 7.98. The Balaban J connectivity index is 1.78. The van der Waals surface area contributed by atoms with E-state index in [1.54, 1.807) is 4.68 Å². The van der Waals surface area contributed by atoms with Gasteiger partial charge in [0.1, 0.15) is 6.10 Å². The number of hydrogen-bond donors (Lipinski definition) is 1. The number of ether oxygens (including phenoxy) is 1. The molecule has 2 aromatic rings. The first-order valence-corrected chi connectivity index (χ1v) is 7.85. The van der Waals surface area contributed by atoms with E-state index in [0.717, 1.165) is 18.5 Å². The van der Waals surface area contributed by atoms with E-state index in [-0.39, 0.29) is 12.0 Å². The van der Waals surface area contributed by atoms with Gasteiger partial charge in [-0.15, -0.1) is 5.10 Å². The zero-order valence-electron chi connectivity index (χ0n) is 11.5. The molecular formula is C13H15N5O2S. The Morgan fingerprint density at radius 3 is 3.19 bits per heavy atom. The number of benzene rings is 1. The predicted molar refractivity (Wildman–Crippen MR) is 78.5 cm³/mol. The van der Waals surface area contributed by atoms with E-state index in [2.05, 4.69) is 20.8 Å². The maximum Gasteiger partial charge on any atom is 0.253 e. The Morgan fingerprint density at radius 2 is 2.43 bits per heavy atom. The highest BCUT2D eigenvalue weighted by atomic mass is 32.2. The second-order valence-electron chi connectivity index (χ2n) is 4.62. The van der Waals surface area contributed by atoms with Crippen LogP contribution in [0.15, 0.2) is 29.4 Å². The highest BCUT2D eigenvalue weighted by Gasteiger charge is 2.23. The molecule has 1 atom stereocenters. The number of anilines is 1. The second kappa shape index (κ2) is 6.23. The third kappa shape index (κ3) is 3.06. The lowest BCUT2D eigenvalue weighted by Gasteiger charge is -2.11. The van der Waals surface area contributed by atoms with Crippen molar-refractivity contribution in [1.29, 1.82) is 0 Å². The smallest absolute Gasteiger partial charge is 0.253 e. The molecule has 21 heavy (non-hydrogen) atoms. The summed E-state index contributed by atoms with van der Waals surface area (Å²) in [5, 5.41) is 15.1. The molecule has 1 aliphatic rings. The molecule has 7 nitrogen and oxygen atoms in total. The minimum atomic E-state index is -0.344. The van der Waals surface area contributed by atoms with Gasteiger partial charge in [-0.1, -0.05) is 17.8 Å². The van der Waals surface area contributed by atoms with Crippen LogP contribution < -0.4 is 5.32 Å². The average molecular weight is 305 g/mol. The zero-order chi connectivity index (χ0) is 14.7. The lowest BCUT2D eigenvalue weighted by molar-refractivity contribution is -0.124. The maximum absolute atomic E-state index is 12.0. The van der Waals surface area contributed by atoms with E-state index < -0.39 is 0 Å². The molecule has 2 heterocycles. The quantitative estimate of drug-likeness (QED) is 0.862. The van der Waals surface area contributed by atoms with Crippen molar-refractivity contribution in [3.8, 4) is 5.69 Å². The number of amides is 1. The monoisotopic (exact) mass is 305 g/mol. The van der Waals surface area contributed by atoms with Gasteiger partial charge in [-0.3, -0.25) is 4.79 Å². The van der Waals surface area contributed by atoms with Crippen LogP contribution in [-0.2, 0) is 9.53 Å². The first kappa shape index (κ1) is 14.0. The molecule has 1 fully saturated rings. The van der Waals surface area contributed by atoms with E-state index >= 15 is 0 Å². The van der Waals surface area contributed by atoms with Crippen molar-refractivity contribution in [3.05, 3.63) is 24.3 Å². The SMILES string of the molecule is CSc1nnnn1-c1cccc(NC(=O)C2CCCO2)c1. The van der Waals surface area contributed by atoms with Gasteiger partial charge in [0, 0.05) is 12.3 Å². The standard InChI is InChI=1S/C13H15N5O2S/c1-21-13-15-16-17-18(13)10-5-2-4-9(8-10)14-12(19)11-6-3-7-20-11/h2,4-5,8,11H,3,6-7H2,1H3,(H,14,19). The van der Waals surface area contributed by atoms with E-state index in [1.807, 2.05) is 30.5 Å². The van der Waals surface area contributed by atoms with Gasteiger partial charge in [-0.2, -0.15) is 4.68 Å². The van der Waals surface area contributed by atoms with E-state index in [1.165, 1.54) is 11.8 Å². The van der Waals surface area contributed by atoms with Crippen LogP contribution >= 0.6 is 11.8 Å². The first-order chi connectivity index (χ1) is 10.3. The van der Waals surface area contributed by atoms with Crippen LogP contribution in [0.1, 0.15) is 12.8 Å². The van der Waals surface area contributed by atoms with E-state index in [4.69, 9.17) is 4.74 Å². The van der Waals surface area contributed by atoms with E-state index in [0.29, 0.717) is 17.5 Å². The molecule has 1 saturated heterocycles. The largest absolute Gasteiger partial charge is 0.368 e. The summed E-state index contributed by atoms with van der Waals surface area (Å²) in [6.07, 6.45) is 3.27. The topological polar surface area (TPSA) is 81.9 Å². The van der Waals surface area contributed by atoms with Crippen molar-refractivity contribution in [2.75, 3.05) is 18.2 Å². The molecule has 0 radical (unpaired) electrons. The average Bonchev–Trinajstić information content (AvgIpc) is 3.18. The molecule has 8 heteroatoms. The highest BCUT2D eigenvalue weighted by Crippen LogP contribution is 2.20. The summed E-state index contributed by atoms with van der Waals surface area (Å²) in [7, 11) is 0. The third-order valence-corrected chi connectivity index (χ3v) is 3.82. The molecule has 110 valence electrons. The van der Waals surface area contributed by atoms with Crippen LogP contribution in [0.25, 0.3) is 5.69 Å². The van der Waals surface area contributed by atoms with Crippen molar-refractivity contribution in [2.24, 2.45) is 0 Å². The van der Waals surface area contributed by atoms with Gasteiger partial charge in [0.15, 0.2) is 0 Å². The number of rotatable bonds is 4. The number of nitrogens with zero attached hydrogens (tertiary/aromatic N) is 4. The van der Waals surface area contributed by atoms with Gasteiger partial charge in [0.05, 0.1) is 5.69 Å². The Morgan fingerprint density at radius 1 is 1.52 bits per heavy atom. The van der Waals surface area contributed by atoms with Gasteiger partial charge in [0.25, 0.3) is 5.91 Å². The number of nitrogens with one attached hydrogen (secondary N) is 1. The molecule has 1 aromatic heterocycles. The molecule has 1 N–H and O–H groups in total. The lowest BCUT2D eigenvalue weighted by atomic mass is 10.2. The van der Waals surface area contributed by atoms with E-state index in [9.17, 15) is 4.79 Å². The Kier molecular flexibility index (Phi) is 4.16. The van der Waals surface area contributed by atoms with Crippen molar-refractivity contribution in [1.82, 2.24) is 20.2 Å². The summed E-state index contributed by atoms with van der Waals surface area (Å²) in [6, 6.07) is 7.41. The molecule has 0 saturated carbocycles. The number of tetrazole rings is 1. The summed E-state index contributed by atoms with van der Waals surface area (Å²) in [5.74, 6) is -0.105. The summed E-state index contributed by atoms with van der Waals surface area (Å²) in [6.45, 7) is 0.653. The minimum Gasteiger partial charge on any atom is -0.368 e. The number of thioether (sulfide) groups is 1. The zero-order valence-corrected chi connectivity index (χ0v) is 12.3. The maximum atomic E-state index is 12.0. The molecule has 3 rings (SSSR count). The van der Waals surface area contributed by atoms with Crippen LogP contribution in [0.2, 0.25) is 0 Å². The third-order valence-electron chi connectivity index (χ3n) is 3.20. The summed E-state index contributed by atoms with van der Waals surface area (Å²) >= 11 is 1.46. The van der Waals surface area contributed by atoms with Crippen LogP contribution in [0.4, 0.5) is 5.69 Å². The molecule has 0 bridgehead atoms. The van der Waals surface area contributed by atoms with Gasteiger partial charge in [-0.25, -0.2) is 0 Å². The lowest BCUT2D eigenvalue weighted by Crippen LogP contribution is -2.26. The predicted octanol–water partition coefficient (Wildman–Crippen LogP) is 1.50. The summed E-state index contributed by atoms with van der Waals surface area (Å²) in [4.78, 5) is 12.0. The van der Waals surface area contributed by atoms with Crippen LogP contribution in [0.3, 0.4) is 0 Å². The summed E-state index contributed by atoms with van der Waals surface area (Å²) < 4.78 is 7.00. The van der Waals surface area contributed by atoms with Crippen molar-refractivity contribution in [2.45, 2.75) is 24.1 Å². The normalized spacial score (nSPS) is 17.9. The number of carbonyl (C=O) groups excluding carboxylic acids is 1. The molecule has 0 spiro atoms. The van der Waals surface area contributed by atoms with Crippen LogP contribution in [0, 0.1) is 0 Å². The van der Waals surface area contributed by atoms with Crippen molar-refractivity contribution >= 4 is 23.4 Å². The van der Waals surface area contributed by atoms with Crippen molar-refractivity contribution < 1.29 is 9.53 Å².